The molecule has 0 amide bonds. The van der Waals surface area contributed by atoms with Crippen LogP contribution in [0.25, 0.3) is 0 Å². The van der Waals surface area contributed by atoms with Crippen molar-refractivity contribution in [3.63, 3.8) is 0 Å². The number of carbonyl (C=O) groups is 1. The molecule has 0 saturated heterocycles. The number of carboxylic acid groups (broad SMARTS) is 1. The molecule has 0 aromatic heterocycles. The molecule has 1 unspecified atom stereocenters. The second kappa shape index (κ2) is 13.4. The lowest BCUT2D eigenvalue weighted by molar-refractivity contribution is -0.144. The fourth-order valence-electron chi connectivity index (χ4n) is 2.95. The zero-order chi connectivity index (χ0) is 15.2. The van der Waals surface area contributed by atoms with Crippen LogP contribution < -0.4 is 5.73 Å². The van der Waals surface area contributed by atoms with Gasteiger partial charge in [-0.3, -0.25) is 4.79 Å². The van der Waals surface area contributed by atoms with Crippen molar-refractivity contribution in [3.05, 3.63) is 0 Å². The van der Waals surface area contributed by atoms with Gasteiger partial charge in [0.2, 0.25) is 0 Å². The molecule has 3 heteroatoms. The topological polar surface area (TPSA) is 63.3 Å². The molecule has 1 atom stereocenters. The molecule has 20 heavy (non-hydrogen) atoms. The number of rotatable bonds is 14. The molecule has 0 radical (unpaired) electrons. The first-order chi connectivity index (χ1) is 9.67. The predicted molar refractivity (Wildman–Crippen MR) is 85.8 cm³/mol. The summed E-state index contributed by atoms with van der Waals surface area (Å²) < 4.78 is 0. The Morgan fingerprint density at radius 3 is 1.75 bits per heavy atom. The zero-order valence-electron chi connectivity index (χ0n) is 13.6. The number of hydrogen-bond acceptors (Lipinski definition) is 2. The Kier molecular flexibility index (Phi) is 13.0. The average molecular weight is 285 g/mol. The lowest BCUT2D eigenvalue weighted by Gasteiger charge is -2.24. The van der Waals surface area contributed by atoms with Crippen LogP contribution in [0.2, 0.25) is 0 Å². The van der Waals surface area contributed by atoms with Crippen LogP contribution >= 0.6 is 0 Å². The number of aliphatic carboxylic acids is 1. The zero-order valence-corrected chi connectivity index (χ0v) is 13.6. The smallest absolute Gasteiger partial charge is 0.306 e. The molecular weight excluding hydrogens is 250 g/mol. The molecule has 0 aliphatic carbocycles. The molecule has 0 heterocycles. The lowest BCUT2D eigenvalue weighted by Crippen LogP contribution is -2.26. The highest BCUT2D eigenvalue weighted by atomic mass is 16.4. The number of unbranched alkanes of at least 4 members (excludes halogenated alkanes) is 6. The molecule has 120 valence electrons. The van der Waals surface area contributed by atoms with Crippen LogP contribution in [0.1, 0.15) is 84.5 Å². The summed E-state index contributed by atoms with van der Waals surface area (Å²) >= 11 is 0. The molecule has 0 aliphatic heterocycles. The van der Waals surface area contributed by atoms with E-state index < -0.39 is 5.97 Å². The van der Waals surface area contributed by atoms with Crippen LogP contribution in [-0.4, -0.2) is 17.6 Å². The van der Waals surface area contributed by atoms with E-state index in [4.69, 9.17) is 5.73 Å². The number of carboxylic acids is 1. The molecule has 3 nitrogen and oxygen atoms in total. The fourth-order valence-corrected chi connectivity index (χ4v) is 2.95. The van der Waals surface area contributed by atoms with Gasteiger partial charge in [0, 0.05) is 0 Å². The Balaban J connectivity index is 4.29. The molecule has 0 spiro atoms. The first kappa shape index (κ1) is 19.4. The molecule has 0 aromatic rings. The van der Waals surface area contributed by atoms with Crippen molar-refractivity contribution in [2.24, 2.45) is 17.6 Å². The quantitative estimate of drug-likeness (QED) is 0.459. The highest BCUT2D eigenvalue weighted by molar-refractivity contribution is 5.70. The summed E-state index contributed by atoms with van der Waals surface area (Å²) in [6, 6.07) is 0. The Bertz CT molecular complexity index is 219. The highest BCUT2D eigenvalue weighted by Crippen LogP contribution is 2.28. The lowest BCUT2D eigenvalue weighted by atomic mass is 9.81. The summed E-state index contributed by atoms with van der Waals surface area (Å²) in [5, 5.41) is 9.42. The maximum Gasteiger partial charge on any atom is 0.306 e. The molecule has 0 aliphatic rings. The number of hydrogen-bond donors (Lipinski definition) is 2. The van der Waals surface area contributed by atoms with Gasteiger partial charge in [-0.05, 0) is 31.7 Å². The van der Waals surface area contributed by atoms with Crippen molar-refractivity contribution in [3.8, 4) is 0 Å². The van der Waals surface area contributed by atoms with Crippen LogP contribution in [0.15, 0.2) is 0 Å². The van der Waals surface area contributed by atoms with Crippen molar-refractivity contribution >= 4 is 5.97 Å². The second-order valence-electron chi connectivity index (χ2n) is 5.98. The summed E-state index contributed by atoms with van der Waals surface area (Å²) in [7, 11) is 0. The summed E-state index contributed by atoms with van der Waals surface area (Å²) in [5.41, 5.74) is 5.59. The van der Waals surface area contributed by atoms with Crippen LogP contribution in [0, 0.1) is 11.8 Å². The van der Waals surface area contributed by atoms with Crippen LogP contribution in [0.5, 0.6) is 0 Å². The van der Waals surface area contributed by atoms with Crippen LogP contribution in [-0.2, 0) is 4.79 Å². The molecular formula is C17H35NO2. The van der Waals surface area contributed by atoms with Gasteiger partial charge in [0.15, 0.2) is 0 Å². The minimum atomic E-state index is -0.647. The van der Waals surface area contributed by atoms with Gasteiger partial charge >= 0.3 is 5.97 Å². The van der Waals surface area contributed by atoms with Crippen molar-refractivity contribution in [1.29, 1.82) is 0 Å². The molecule has 0 rings (SSSR count). The highest BCUT2D eigenvalue weighted by Gasteiger charge is 2.26. The van der Waals surface area contributed by atoms with Crippen molar-refractivity contribution in [2.75, 3.05) is 6.54 Å². The third kappa shape index (κ3) is 9.35. The van der Waals surface area contributed by atoms with E-state index in [9.17, 15) is 9.90 Å². The Morgan fingerprint density at radius 1 is 0.900 bits per heavy atom. The molecule has 3 N–H and O–H groups in total. The molecule has 0 bridgehead atoms. The van der Waals surface area contributed by atoms with E-state index in [-0.39, 0.29) is 5.92 Å². The summed E-state index contributed by atoms with van der Waals surface area (Å²) in [6.07, 6.45) is 12.5. The maximum atomic E-state index is 11.5. The van der Waals surface area contributed by atoms with Crippen molar-refractivity contribution in [2.45, 2.75) is 84.5 Å². The fraction of sp³-hybridized carbons (Fsp3) is 0.941. The summed E-state index contributed by atoms with van der Waals surface area (Å²) in [4.78, 5) is 11.5. The minimum absolute atomic E-state index is 0.233. The van der Waals surface area contributed by atoms with Crippen molar-refractivity contribution in [1.82, 2.24) is 0 Å². The average Bonchev–Trinajstić information content (AvgIpc) is 2.43. The minimum Gasteiger partial charge on any atom is -0.481 e. The monoisotopic (exact) mass is 285 g/mol. The van der Waals surface area contributed by atoms with E-state index in [1.165, 1.54) is 51.4 Å². The first-order valence-electron chi connectivity index (χ1n) is 8.60. The van der Waals surface area contributed by atoms with E-state index in [0.717, 1.165) is 12.8 Å². The van der Waals surface area contributed by atoms with E-state index in [0.29, 0.717) is 18.9 Å². The maximum absolute atomic E-state index is 11.5. The van der Waals surface area contributed by atoms with Crippen LogP contribution in [0.3, 0.4) is 0 Å². The van der Waals surface area contributed by atoms with E-state index in [1.807, 2.05) is 0 Å². The first-order valence-corrected chi connectivity index (χ1v) is 8.60. The van der Waals surface area contributed by atoms with Gasteiger partial charge in [0.25, 0.3) is 0 Å². The second-order valence-corrected chi connectivity index (χ2v) is 5.98. The third-order valence-electron chi connectivity index (χ3n) is 4.22. The SMILES string of the molecule is CCCCCCC(CCCCCC)C(CCN)C(=O)O. The predicted octanol–water partition coefficient (Wildman–Crippen LogP) is 4.59. The van der Waals surface area contributed by atoms with Gasteiger partial charge in [-0.1, -0.05) is 65.2 Å². The summed E-state index contributed by atoms with van der Waals surface area (Å²) in [5.74, 6) is -0.556. The molecule has 0 fully saturated rings. The number of nitrogens with two attached hydrogens (primary N) is 1. The van der Waals surface area contributed by atoms with Gasteiger partial charge in [0.1, 0.15) is 0 Å². The van der Waals surface area contributed by atoms with Gasteiger partial charge in [0.05, 0.1) is 5.92 Å². The van der Waals surface area contributed by atoms with E-state index in [1.54, 1.807) is 0 Å². The standard InChI is InChI=1S/C17H35NO2/c1-3-5-7-9-11-15(12-10-8-6-4-2)16(13-14-18)17(19)20/h15-16H,3-14,18H2,1-2H3,(H,19,20). The Hall–Kier alpha value is -0.570. The third-order valence-corrected chi connectivity index (χ3v) is 4.22. The van der Waals surface area contributed by atoms with Gasteiger partial charge < -0.3 is 10.8 Å². The van der Waals surface area contributed by atoms with Gasteiger partial charge in [-0.25, -0.2) is 0 Å². The van der Waals surface area contributed by atoms with Gasteiger partial charge in [-0.15, -0.1) is 0 Å². The van der Waals surface area contributed by atoms with Crippen LogP contribution in [0.4, 0.5) is 0 Å². The van der Waals surface area contributed by atoms with E-state index in [2.05, 4.69) is 13.8 Å². The summed E-state index contributed by atoms with van der Waals surface area (Å²) in [6.45, 7) is 4.89. The Labute approximate surface area is 125 Å². The molecule has 0 aromatic carbocycles. The van der Waals surface area contributed by atoms with Gasteiger partial charge in [-0.2, -0.15) is 0 Å². The molecule has 0 saturated carbocycles. The van der Waals surface area contributed by atoms with E-state index >= 15 is 0 Å². The normalized spacial score (nSPS) is 12.8. The van der Waals surface area contributed by atoms with Crippen molar-refractivity contribution < 1.29 is 9.90 Å². The largest absolute Gasteiger partial charge is 0.481 e. The Morgan fingerprint density at radius 2 is 1.40 bits per heavy atom.